The molecule has 1 amide bonds. The first kappa shape index (κ1) is 16.3. The van der Waals surface area contributed by atoms with E-state index in [2.05, 4.69) is 6.92 Å². The molecular weight excluding hydrogens is 284 g/mol. The van der Waals surface area contributed by atoms with E-state index < -0.39 is 0 Å². The molecule has 0 saturated carbocycles. The van der Waals surface area contributed by atoms with Crippen molar-refractivity contribution in [2.24, 2.45) is 11.7 Å². The number of hydrogen-bond acceptors (Lipinski definition) is 4. The van der Waals surface area contributed by atoms with Crippen molar-refractivity contribution in [3.05, 3.63) is 29.8 Å². The summed E-state index contributed by atoms with van der Waals surface area (Å²) >= 11 is 1.59. The van der Waals surface area contributed by atoms with Crippen molar-refractivity contribution < 1.29 is 9.90 Å². The minimum atomic E-state index is 0.0720. The predicted octanol–water partition coefficient (Wildman–Crippen LogP) is 1.97. The summed E-state index contributed by atoms with van der Waals surface area (Å²) in [5.74, 6) is 1.17. The Kier molecular flexibility index (Phi) is 6.08. The summed E-state index contributed by atoms with van der Waals surface area (Å²) in [6, 6.07) is 7.70. The Balaban J connectivity index is 1.97. The number of rotatable bonds is 6. The molecule has 5 heteroatoms. The van der Waals surface area contributed by atoms with Gasteiger partial charge in [0.25, 0.3) is 5.91 Å². The first-order valence-electron chi connectivity index (χ1n) is 7.54. The molecule has 1 aromatic carbocycles. The number of thioether (sulfide) groups is 1. The van der Waals surface area contributed by atoms with Gasteiger partial charge in [-0.15, -0.1) is 11.8 Å². The molecule has 1 fully saturated rings. The highest BCUT2D eigenvalue weighted by atomic mass is 32.2. The van der Waals surface area contributed by atoms with Crippen LogP contribution in [0, 0.1) is 5.92 Å². The van der Waals surface area contributed by atoms with Gasteiger partial charge in [0.1, 0.15) is 0 Å². The smallest absolute Gasteiger partial charge is 0.253 e. The van der Waals surface area contributed by atoms with E-state index in [4.69, 9.17) is 10.8 Å². The van der Waals surface area contributed by atoms with E-state index in [0.717, 1.165) is 24.3 Å². The third-order valence-electron chi connectivity index (χ3n) is 3.90. The Morgan fingerprint density at radius 2 is 2.10 bits per heavy atom. The molecule has 2 rings (SSSR count). The minimum absolute atomic E-state index is 0.0720. The number of carbonyl (C=O) groups excluding carboxylic acids is 1. The highest BCUT2D eigenvalue weighted by Gasteiger charge is 2.32. The van der Waals surface area contributed by atoms with E-state index >= 15 is 0 Å². The molecule has 0 aromatic heterocycles. The summed E-state index contributed by atoms with van der Waals surface area (Å²) in [5.41, 5.74) is 6.84. The summed E-state index contributed by atoms with van der Waals surface area (Å²) in [5, 5.41) is 8.81. The molecule has 1 aromatic rings. The van der Waals surface area contributed by atoms with Gasteiger partial charge in [-0.2, -0.15) is 0 Å². The van der Waals surface area contributed by atoms with Gasteiger partial charge in [-0.1, -0.05) is 13.3 Å². The van der Waals surface area contributed by atoms with Crippen molar-refractivity contribution in [3.63, 3.8) is 0 Å². The van der Waals surface area contributed by atoms with Crippen LogP contribution in [0.4, 0.5) is 0 Å². The molecule has 1 aliphatic rings. The van der Waals surface area contributed by atoms with Crippen LogP contribution in [0.3, 0.4) is 0 Å². The highest BCUT2D eigenvalue weighted by Crippen LogP contribution is 2.23. The van der Waals surface area contributed by atoms with Crippen molar-refractivity contribution in [1.82, 2.24) is 4.90 Å². The van der Waals surface area contributed by atoms with Gasteiger partial charge in [-0.25, -0.2) is 0 Å². The molecule has 3 N–H and O–H groups in total. The molecule has 1 heterocycles. The Labute approximate surface area is 130 Å². The number of nitrogens with zero attached hydrogens (tertiary/aromatic N) is 1. The number of aliphatic hydroxyl groups excluding tert-OH is 1. The van der Waals surface area contributed by atoms with Gasteiger partial charge in [0.2, 0.25) is 0 Å². The largest absolute Gasteiger partial charge is 0.396 e. The lowest BCUT2D eigenvalue weighted by Crippen LogP contribution is -2.32. The summed E-state index contributed by atoms with van der Waals surface area (Å²) in [7, 11) is 0. The Morgan fingerprint density at radius 3 is 2.71 bits per heavy atom. The molecule has 0 bridgehead atoms. The van der Waals surface area contributed by atoms with Gasteiger partial charge in [0, 0.05) is 35.3 Å². The van der Waals surface area contributed by atoms with Crippen molar-refractivity contribution >= 4 is 17.7 Å². The summed E-state index contributed by atoms with van der Waals surface area (Å²) in [6.45, 7) is 3.75. The molecule has 1 aliphatic heterocycles. The number of nitrogens with two attached hydrogens (primary N) is 1. The number of carbonyl (C=O) groups is 1. The van der Waals surface area contributed by atoms with Crippen LogP contribution < -0.4 is 5.73 Å². The average Bonchev–Trinajstić information content (AvgIpc) is 2.86. The zero-order valence-electron chi connectivity index (χ0n) is 12.5. The van der Waals surface area contributed by atoms with Crippen LogP contribution in [0.2, 0.25) is 0 Å². The SMILES string of the molecule is CCC[C@H]1CN(C(=O)c2ccc(SCCO)cc2)C[C@@H]1N. The van der Waals surface area contributed by atoms with Crippen LogP contribution in [0.25, 0.3) is 0 Å². The first-order chi connectivity index (χ1) is 10.2. The Bertz CT molecular complexity index is 464. The van der Waals surface area contributed by atoms with Crippen molar-refractivity contribution in [1.29, 1.82) is 0 Å². The van der Waals surface area contributed by atoms with E-state index in [-0.39, 0.29) is 18.6 Å². The third-order valence-corrected chi connectivity index (χ3v) is 4.89. The Hall–Kier alpha value is -1.04. The molecule has 0 unspecified atom stereocenters. The van der Waals surface area contributed by atoms with E-state index in [1.165, 1.54) is 0 Å². The summed E-state index contributed by atoms with van der Waals surface area (Å²) in [4.78, 5) is 15.4. The lowest BCUT2D eigenvalue weighted by molar-refractivity contribution is 0.0785. The summed E-state index contributed by atoms with van der Waals surface area (Å²) < 4.78 is 0. The van der Waals surface area contributed by atoms with Crippen molar-refractivity contribution in [2.75, 3.05) is 25.4 Å². The zero-order valence-corrected chi connectivity index (χ0v) is 13.3. The number of hydrogen-bond donors (Lipinski definition) is 2. The second kappa shape index (κ2) is 7.82. The molecule has 116 valence electrons. The topological polar surface area (TPSA) is 66.6 Å². The van der Waals surface area contributed by atoms with Crippen LogP contribution in [0.5, 0.6) is 0 Å². The summed E-state index contributed by atoms with van der Waals surface area (Å²) in [6.07, 6.45) is 2.19. The van der Waals surface area contributed by atoms with Crippen molar-refractivity contribution in [2.45, 2.75) is 30.7 Å². The molecule has 1 saturated heterocycles. The monoisotopic (exact) mass is 308 g/mol. The second-order valence-electron chi connectivity index (χ2n) is 5.52. The second-order valence-corrected chi connectivity index (χ2v) is 6.69. The van der Waals surface area contributed by atoms with Gasteiger partial charge >= 0.3 is 0 Å². The van der Waals surface area contributed by atoms with Crippen LogP contribution in [0.15, 0.2) is 29.2 Å². The minimum Gasteiger partial charge on any atom is -0.396 e. The highest BCUT2D eigenvalue weighted by molar-refractivity contribution is 7.99. The predicted molar refractivity (Wildman–Crippen MR) is 86.5 cm³/mol. The average molecular weight is 308 g/mol. The standard InChI is InChI=1S/C16H24N2O2S/c1-2-3-13-10-18(11-15(13)17)16(20)12-4-6-14(7-5-12)21-9-8-19/h4-7,13,15,19H,2-3,8-11,17H2,1H3/t13-,15-/m0/s1. The van der Waals surface area contributed by atoms with E-state index in [1.54, 1.807) is 11.8 Å². The van der Waals surface area contributed by atoms with Gasteiger partial charge in [-0.3, -0.25) is 4.79 Å². The van der Waals surface area contributed by atoms with Crippen LogP contribution in [0.1, 0.15) is 30.1 Å². The van der Waals surface area contributed by atoms with Crippen LogP contribution in [-0.2, 0) is 0 Å². The maximum Gasteiger partial charge on any atom is 0.253 e. The maximum absolute atomic E-state index is 12.5. The number of aliphatic hydroxyl groups is 1. The fourth-order valence-electron chi connectivity index (χ4n) is 2.78. The fraction of sp³-hybridized carbons (Fsp3) is 0.562. The lowest BCUT2D eigenvalue weighted by atomic mass is 9.99. The van der Waals surface area contributed by atoms with Gasteiger partial charge in [-0.05, 0) is 36.6 Å². The number of amides is 1. The quantitative estimate of drug-likeness (QED) is 0.789. The Morgan fingerprint density at radius 1 is 1.38 bits per heavy atom. The molecule has 2 atom stereocenters. The van der Waals surface area contributed by atoms with E-state index in [1.807, 2.05) is 29.2 Å². The third kappa shape index (κ3) is 4.22. The van der Waals surface area contributed by atoms with Crippen LogP contribution in [-0.4, -0.2) is 47.4 Å². The maximum atomic E-state index is 12.5. The van der Waals surface area contributed by atoms with Crippen LogP contribution >= 0.6 is 11.8 Å². The van der Waals surface area contributed by atoms with Gasteiger partial charge in [0.15, 0.2) is 0 Å². The van der Waals surface area contributed by atoms with E-state index in [0.29, 0.717) is 23.8 Å². The molecule has 0 radical (unpaired) electrons. The lowest BCUT2D eigenvalue weighted by Gasteiger charge is -2.16. The van der Waals surface area contributed by atoms with Gasteiger partial charge < -0.3 is 15.7 Å². The number of likely N-dealkylation sites (tertiary alicyclic amines) is 1. The first-order valence-corrected chi connectivity index (χ1v) is 8.52. The normalized spacial score (nSPS) is 21.8. The van der Waals surface area contributed by atoms with E-state index in [9.17, 15) is 4.79 Å². The number of benzene rings is 1. The molecule has 0 aliphatic carbocycles. The molecular formula is C16H24N2O2S. The molecule has 0 spiro atoms. The van der Waals surface area contributed by atoms with Gasteiger partial charge in [0.05, 0.1) is 6.61 Å². The zero-order chi connectivity index (χ0) is 15.2. The van der Waals surface area contributed by atoms with Crippen molar-refractivity contribution in [3.8, 4) is 0 Å². The molecule has 4 nitrogen and oxygen atoms in total. The molecule has 21 heavy (non-hydrogen) atoms. The fourth-order valence-corrected chi connectivity index (χ4v) is 3.43.